The van der Waals surface area contributed by atoms with Gasteiger partial charge in [-0.3, -0.25) is 9.10 Å². The molecule has 0 aliphatic carbocycles. The lowest BCUT2D eigenvalue weighted by Crippen LogP contribution is -2.41. The van der Waals surface area contributed by atoms with E-state index in [0.717, 1.165) is 21.5 Å². The van der Waals surface area contributed by atoms with Gasteiger partial charge in [0.1, 0.15) is 12.4 Å². The van der Waals surface area contributed by atoms with Gasteiger partial charge in [0.15, 0.2) is 11.5 Å². The van der Waals surface area contributed by atoms with Gasteiger partial charge in [-0.25, -0.2) is 12.8 Å². The summed E-state index contributed by atoms with van der Waals surface area (Å²) in [5.41, 5.74) is 1.75. The third-order valence-electron chi connectivity index (χ3n) is 5.31. The second-order valence-corrected chi connectivity index (χ2v) is 9.58. The molecule has 0 atom stereocenters. The second-order valence-electron chi connectivity index (χ2n) is 7.72. The van der Waals surface area contributed by atoms with Gasteiger partial charge in [-0.15, -0.1) is 0 Å². The summed E-state index contributed by atoms with van der Waals surface area (Å²) in [6.45, 7) is 1.66. The van der Waals surface area contributed by atoms with Gasteiger partial charge in [-0.1, -0.05) is 42.0 Å². The normalized spacial score (nSPS) is 11.1. The first kappa shape index (κ1) is 25.0. The summed E-state index contributed by atoms with van der Waals surface area (Å²) in [7, 11) is 0.0554. The first-order valence-corrected chi connectivity index (χ1v) is 11.9. The SMILES string of the molecule is COc1ccc(S(=O)(=O)N(CC(=O)N(C)Cc2ccc(C)cc2)c2ccccc2F)cc1OC. The molecule has 0 fully saturated rings. The minimum Gasteiger partial charge on any atom is -0.493 e. The number of amides is 1. The number of ether oxygens (including phenoxy) is 2. The Morgan fingerprint density at radius 3 is 2.21 bits per heavy atom. The largest absolute Gasteiger partial charge is 0.493 e. The molecule has 0 aliphatic rings. The van der Waals surface area contributed by atoms with Crippen molar-refractivity contribution in [2.24, 2.45) is 0 Å². The fourth-order valence-corrected chi connectivity index (χ4v) is 4.79. The van der Waals surface area contributed by atoms with Gasteiger partial charge >= 0.3 is 0 Å². The van der Waals surface area contributed by atoms with E-state index in [9.17, 15) is 17.6 Å². The summed E-state index contributed by atoms with van der Waals surface area (Å²) in [4.78, 5) is 14.3. The van der Waals surface area contributed by atoms with Crippen LogP contribution in [0.25, 0.3) is 0 Å². The number of anilines is 1. The van der Waals surface area contributed by atoms with Crippen molar-refractivity contribution in [3.63, 3.8) is 0 Å². The van der Waals surface area contributed by atoms with Crippen LogP contribution in [0.4, 0.5) is 10.1 Å². The molecule has 180 valence electrons. The molecule has 0 radical (unpaired) electrons. The lowest BCUT2D eigenvalue weighted by atomic mass is 10.1. The molecular weight excluding hydrogens is 459 g/mol. The van der Waals surface area contributed by atoms with E-state index in [1.54, 1.807) is 7.05 Å². The minimum absolute atomic E-state index is 0.164. The molecule has 0 spiro atoms. The van der Waals surface area contributed by atoms with Crippen molar-refractivity contribution >= 4 is 21.6 Å². The van der Waals surface area contributed by atoms with Gasteiger partial charge in [0.05, 0.1) is 24.8 Å². The molecule has 0 aromatic heterocycles. The zero-order valence-corrected chi connectivity index (χ0v) is 20.3. The highest BCUT2D eigenvalue weighted by Crippen LogP contribution is 2.33. The van der Waals surface area contributed by atoms with Crippen molar-refractivity contribution in [1.82, 2.24) is 4.90 Å². The quantitative estimate of drug-likeness (QED) is 0.457. The number of rotatable bonds is 9. The number of para-hydroxylation sites is 1. The van der Waals surface area contributed by atoms with E-state index in [-0.39, 0.29) is 22.9 Å². The number of nitrogens with zero attached hydrogens (tertiary/aromatic N) is 2. The van der Waals surface area contributed by atoms with Gasteiger partial charge in [-0.05, 0) is 36.8 Å². The maximum atomic E-state index is 14.7. The van der Waals surface area contributed by atoms with Crippen molar-refractivity contribution in [3.05, 3.63) is 83.7 Å². The molecule has 0 aliphatic heterocycles. The average molecular weight is 487 g/mol. The maximum absolute atomic E-state index is 14.7. The number of benzene rings is 3. The predicted octanol–water partition coefficient (Wildman–Crippen LogP) is 4.01. The van der Waals surface area contributed by atoms with Crippen molar-refractivity contribution in [1.29, 1.82) is 0 Å². The van der Waals surface area contributed by atoms with Crippen molar-refractivity contribution in [2.45, 2.75) is 18.4 Å². The predicted molar refractivity (Wildman–Crippen MR) is 128 cm³/mol. The van der Waals surface area contributed by atoms with E-state index >= 15 is 0 Å². The molecular formula is C25H27FN2O5S. The molecule has 9 heteroatoms. The molecule has 34 heavy (non-hydrogen) atoms. The summed E-state index contributed by atoms with van der Waals surface area (Å²) < 4.78 is 53.1. The van der Waals surface area contributed by atoms with Crippen LogP contribution >= 0.6 is 0 Å². The van der Waals surface area contributed by atoms with Crippen LogP contribution in [0.3, 0.4) is 0 Å². The van der Waals surface area contributed by atoms with E-state index in [4.69, 9.17) is 9.47 Å². The Kier molecular flexibility index (Phi) is 7.78. The van der Waals surface area contributed by atoms with Crippen LogP contribution in [-0.4, -0.2) is 47.0 Å². The van der Waals surface area contributed by atoms with E-state index < -0.39 is 28.3 Å². The lowest BCUT2D eigenvalue weighted by Gasteiger charge is -2.27. The molecule has 0 saturated heterocycles. The fourth-order valence-electron chi connectivity index (χ4n) is 3.36. The Morgan fingerprint density at radius 1 is 0.941 bits per heavy atom. The van der Waals surface area contributed by atoms with Gasteiger partial charge in [-0.2, -0.15) is 0 Å². The lowest BCUT2D eigenvalue weighted by molar-refractivity contribution is -0.128. The van der Waals surface area contributed by atoms with E-state index in [0.29, 0.717) is 5.75 Å². The third-order valence-corrected chi connectivity index (χ3v) is 7.06. The van der Waals surface area contributed by atoms with E-state index in [2.05, 4.69) is 0 Å². The average Bonchev–Trinajstić information content (AvgIpc) is 2.83. The molecule has 0 saturated carbocycles. The number of hydrogen-bond acceptors (Lipinski definition) is 5. The Balaban J connectivity index is 1.96. The Labute approximate surface area is 199 Å². The molecule has 0 unspecified atom stereocenters. The van der Waals surface area contributed by atoms with Crippen LogP contribution in [0.15, 0.2) is 71.6 Å². The highest BCUT2D eigenvalue weighted by Gasteiger charge is 2.31. The molecule has 0 heterocycles. The standard InChI is InChI=1S/C25H27FN2O5S/c1-18-9-11-19(12-10-18)16-27(2)25(29)17-28(22-8-6-5-7-21(22)26)34(30,31)20-13-14-23(32-3)24(15-20)33-4/h5-15H,16-17H2,1-4H3. The molecule has 3 aromatic carbocycles. The smallest absolute Gasteiger partial charge is 0.265 e. The van der Waals surface area contributed by atoms with E-state index in [1.165, 1.54) is 55.5 Å². The van der Waals surface area contributed by atoms with Crippen molar-refractivity contribution in [2.75, 3.05) is 32.1 Å². The molecule has 1 amide bonds. The Bertz CT molecular complexity index is 1260. The molecule has 3 rings (SSSR count). The number of carbonyl (C=O) groups is 1. The molecule has 0 bridgehead atoms. The summed E-state index contributed by atoms with van der Waals surface area (Å²) in [6.07, 6.45) is 0. The molecule has 0 N–H and O–H groups in total. The Morgan fingerprint density at radius 2 is 1.59 bits per heavy atom. The first-order chi connectivity index (χ1) is 16.2. The first-order valence-electron chi connectivity index (χ1n) is 10.5. The summed E-state index contributed by atoms with van der Waals surface area (Å²) in [5, 5.41) is 0. The van der Waals surface area contributed by atoms with Crippen molar-refractivity contribution in [3.8, 4) is 11.5 Å². The van der Waals surface area contributed by atoms with Crippen LogP contribution in [0.2, 0.25) is 0 Å². The number of aryl methyl sites for hydroxylation is 1. The number of carbonyl (C=O) groups excluding carboxylic acids is 1. The van der Waals surface area contributed by atoms with Gasteiger partial charge < -0.3 is 14.4 Å². The fraction of sp³-hybridized carbons (Fsp3) is 0.240. The molecule has 7 nitrogen and oxygen atoms in total. The highest BCUT2D eigenvalue weighted by atomic mass is 32.2. The van der Waals surface area contributed by atoms with Crippen LogP contribution in [0.5, 0.6) is 11.5 Å². The van der Waals surface area contributed by atoms with Gasteiger partial charge in [0.25, 0.3) is 10.0 Å². The topological polar surface area (TPSA) is 76.2 Å². The van der Waals surface area contributed by atoms with E-state index in [1.807, 2.05) is 31.2 Å². The van der Waals surface area contributed by atoms with Crippen molar-refractivity contribution < 1.29 is 27.1 Å². The van der Waals surface area contributed by atoms with Crippen LogP contribution in [0.1, 0.15) is 11.1 Å². The zero-order chi connectivity index (χ0) is 24.9. The third kappa shape index (κ3) is 5.48. The number of hydrogen-bond donors (Lipinski definition) is 0. The monoisotopic (exact) mass is 486 g/mol. The van der Waals surface area contributed by atoms with Crippen LogP contribution in [0, 0.1) is 12.7 Å². The molecule has 3 aromatic rings. The van der Waals surface area contributed by atoms with Crippen LogP contribution < -0.4 is 13.8 Å². The summed E-state index contributed by atoms with van der Waals surface area (Å²) in [6, 6.07) is 17.1. The van der Waals surface area contributed by atoms with Crippen LogP contribution in [-0.2, 0) is 21.4 Å². The summed E-state index contributed by atoms with van der Waals surface area (Å²) in [5.74, 6) is -0.721. The second kappa shape index (κ2) is 10.6. The summed E-state index contributed by atoms with van der Waals surface area (Å²) >= 11 is 0. The zero-order valence-electron chi connectivity index (χ0n) is 19.5. The maximum Gasteiger partial charge on any atom is 0.265 e. The number of methoxy groups -OCH3 is 2. The highest BCUT2D eigenvalue weighted by molar-refractivity contribution is 7.92. The number of likely N-dealkylation sites (N-methyl/N-ethyl adjacent to an activating group) is 1. The number of sulfonamides is 1. The van der Waals surface area contributed by atoms with Gasteiger partial charge in [0, 0.05) is 19.7 Å². The minimum atomic E-state index is -4.33. The Hall–Kier alpha value is -3.59. The number of halogens is 1. The van der Waals surface area contributed by atoms with Gasteiger partial charge in [0.2, 0.25) is 5.91 Å².